The Balaban J connectivity index is 1.64. The number of Topliss-reactive ketones (excluding diaryl/α,β-unsaturated/α-hetero) is 1. The van der Waals surface area contributed by atoms with Crippen LogP contribution in [0.5, 0.6) is 11.5 Å². The van der Waals surface area contributed by atoms with E-state index < -0.39 is 6.04 Å². The number of methoxy groups -OCH3 is 1. The second kappa shape index (κ2) is 8.06. The lowest BCUT2D eigenvalue weighted by Crippen LogP contribution is -2.36. The molecule has 0 fully saturated rings. The Morgan fingerprint density at radius 1 is 1.12 bits per heavy atom. The normalized spacial score (nSPS) is 18.9. The van der Waals surface area contributed by atoms with Gasteiger partial charge in [-0.2, -0.15) is 4.98 Å². The van der Waals surface area contributed by atoms with Gasteiger partial charge in [-0.15, -0.1) is 5.10 Å². The molecule has 0 spiro atoms. The molecule has 170 valence electrons. The zero-order valence-corrected chi connectivity index (χ0v) is 19.4. The van der Waals surface area contributed by atoms with E-state index in [9.17, 15) is 4.79 Å². The summed E-state index contributed by atoms with van der Waals surface area (Å²) in [4.78, 5) is 18.2. The number of benzene rings is 2. The number of ether oxygens (including phenoxy) is 2. The molecule has 1 aromatic heterocycles. The molecular weight excluding hydrogens is 416 g/mol. The molecule has 1 atom stereocenters. The molecule has 2 aromatic carbocycles. The quantitative estimate of drug-likeness (QED) is 0.596. The van der Waals surface area contributed by atoms with Crippen LogP contribution in [0, 0.1) is 5.41 Å². The van der Waals surface area contributed by atoms with Crippen LogP contribution in [0.4, 0.5) is 5.95 Å². The van der Waals surface area contributed by atoms with Crippen molar-refractivity contribution < 1.29 is 14.3 Å². The summed E-state index contributed by atoms with van der Waals surface area (Å²) in [6, 6.07) is 15.1. The highest BCUT2D eigenvalue weighted by Crippen LogP contribution is 2.47. The van der Waals surface area contributed by atoms with E-state index in [4.69, 9.17) is 19.6 Å². The molecule has 1 aliphatic heterocycles. The number of nitrogens with one attached hydrogen (secondary N) is 1. The zero-order valence-electron chi connectivity index (χ0n) is 19.4. The van der Waals surface area contributed by atoms with E-state index in [1.165, 1.54) is 0 Å². The fourth-order valence-corrected chi connectivity index (χ4v) is 4.78. The van der Waals surface area contributed by atoms with Crippen molar-refractivity contribution in [2.75, 3.05) is 19.0 Å². The van der Waals surface area contributed by atoms with Gasteiger partial charge in [0.25, 0.3) is 0 Å². The average Bonchev–Trinajstić information content (AvgIpc) is 3.21. The first-order valence-electron chi connectivity index (χ1n) is 11.3. The van der Waals surface area contributed by atoms with E-state index in [2.05, 4.69) is 19.2 Å². The third-order valence-electron chi connectivity index (χ3n) is 6.19. The summed E-state index contributed by atoms with van der Waals surface area (Å²) in [6.45, 7) is 6.82. The minimum atomic E-state index is -0.403. The summed E-state index contributed by atoms with van der Waals surface area (Å²) in [5.74, 6) is 2.87. The minimum Gasteiger partial charge on any atom is -0.496 e. The van der Waals surface area contributed by atoms with Crippen LogP contribution in [0.2, 0.25) is 0 Å². The highest BCUT2D eigenvalue weighted by molar-refractivity contribution is 6.00. The molecule has 2 heterocycles. The number of anilines is 1. The Hall–Kier alpha value is -3.61. The summed E-state index contributed by atoms with van der Waals surface area (Å²) in [5, 5.41) is 8.28. The summed E-state index contributed by atoms with van der Waals surface area (Å²) in [6.07, 6.45) is 1.26. The van der Waals surface area contributed by atoms with Crippen molar-refractivity contribution in [1.29, 1.82) is 0 Å². The number of aromatic nitrogens is 3. The fraction of sp³-hybridized carbons (Fsp3) is 0.346. The van der Waals surface area contributed by atoms with Gasteiger partial charge in [0.15, 0.2) is 11.6 Å². The van der Waals surface area contributed by atoms with E-state index in [1.807, 2.05) is 60.1 Å². The molecule has 5 rings (SSSR count). The first-order chi connectivity index (χ1) is 15.9. The lowest BCUT2D eigenvalue weighted by Gasteiger charge is -2.38. The van der Waals surface area contributed by atoms with Crippen molar-refractivity contribution in [2.45, 2.75) is 39.7 Å². The van der Waals surface area contributed by atoms with E-state index in [1.54, 1.807) is 7.11 Å². The molecule has 0 amide bonds. The molecule has 1 N–H and O–H groups in total. The second-order valence-electron chi connectivity index (χ2n) is 9.26. The molecule has 1 unspecified atom stereocenters. The third-order valence-corrected chi connectivity index (χ3v) is 6.19. The number of carbonyl (C=O) groups is 1. The number of carbonyl (C=O) groups excluding carboxylic acids is 1. The zero-order chi connectivity index (χ0) is 23.2. The van der Waals surface area contributed by atoms with Gasteiger partial charge in [0.1, 0.15) is 17.5 Å². The van der Waals surface area contributed by atoms with Crippen molar-refractivity contribution in [3.8, 4) is 22.9 Å². The van der Waals surface area contributed by atoms with Gasteiger partial charge in [-0.25, -0.2) is 4.68 Å². The lowest BCUT2D eigenvalue weighted by molar-refractivity contribution is -0.118. The van der Waals surface area contributed by atoms with Gasteiger partial charge < -0.3 is 14.8 Å². The standard InChI is InChI=1S/C26H28N4O3/c1-5-33-17-12-10-16(11-13-17)24-28-25-27-19-14-26(2,3)15-20(31)22(19)23(30(25)29-24)18-8-6-7-9-21(18)32-4/h6-13,23H,5,14-15H2,1-4H3,(H,27,28,29). The lowest BCUT2D eigenvalue weighted by atomic mass is 9.73. The van der Waals surface area contributed by atoms with Crippen LogP contribution in [0.3, 0.4) is 0 Å². The monoisotopic (exact) mass is 444 g/mol. The topological polar surface area (TPSA) is 78.3 Å². The minimum absolute atomic E-state index is 0.117. The van der Waals surface area contributed by atoms with Gasteiger partial charge in [0.05, 0.1) is 13.7 Å². The van der Waals surface area contributed by atoms with Crippen LogP contribution >= 0.6 is 0 Å². The van der Waals surface area contributed by atoms with Crippen molar-refractivity contribution >= 4 is 11.7 Å². The summed E-state index contributed by atoms with van der Waals surface area (Å²) < 4.78 is 13.0. The van der Waals surface area contributed by atoms with Crippen LogP contribution in [-0.2, 0) is 4.79 Å². The molecule has 0 radical (unpaired) electrons. The maximum Gasteiger partial charge on any atom is 0.226 e. The highest BCUT2D eigenvalue weighted by atomic mass is 16.5. The van der Waals surface area contributed by atoms with Gasteiger partial charge in [-0.1, -0.05) is 32.0 Å². The first kappa shape index (κ1) is 21.2. The molecule has 0 saturated carbocycles. The van der Waals surface area contributed by atoms with Gasteiger partial charge in [0.2, 0.25) is 5.95 Å². The summed E-state index contributed by atoms with van der Waals surface area (Å²) in [7, 11) is 1.65. The second-order valence-corrected chi connectivity index (χ2v) is 9.26. The molecule has 0 saturated heterocycles. The Labute approximate surface area is 193 Å². The van der Waals surface area contributed by atoms with E-state index in [0.29, 0.717) is 24.8 Å². The van der Waals surface area contributed by atoms with Crippen molar-refractivity contribution in [3.63, 3.8) is 0 Å². The summed E-state index contributed by atoms with van der Waals surface area (Å²) in [5.41, 5.74) is 3.32. The Bertz CT molecular complexity index is 1240. The van der Waals surface area contributed by atoms with Crippen molar-refractivity contribution in [1.82, 2.24) is 14.8 Å². The molecule has 1 aliphatic carbocycles. The maximum absolute atomic E-state index is 13.4. The van der Waals surface area contributed by atoms with E-state index >= 15 is 0 Å². The average molecular weight is 445 g/mol. The number of nitrogens with zero attached hydrogens (tertiary/aromatic N) is 3. The molecule has 3 aromatic rings. The van der Waals surface area contributed by atoms with Gasteiger partial charge in [0, 0.05) is 28.8 Å². The SMILES string of the molecule is CCOc1ccc(-c2nc3n(n2)C(c2ccccc2OC)C2=C(CC(C)(C)CC2=O)N3)cc1. The Morgan fingerprint density at radius 3 is 2.61 bits per heavy atom. The number of hydrogen-bond acceptors (Lipinski definition) is 6. The number of fused-ring (bicyclic) bond motifs is 1. The van der Waals surface area contributed by atoms with Crippen LogP contribution in [-0.4, -0.2) is 34.3 Å². The van der Waals surface area contributed by atoms with Gasteiger partial charge in [-0.05, 0) is 49.1 Å². The fourth-order valence-electron chi connectivity index (χ4n) is 4.78. The number of allylic oxidation sites excluding steroid dienone is 2. The number of para-hydroxylation sites is 1. The van der Waals surface area contributed by atoms with E-state index in [-0.39, 0.29) is 11.2 Å². The smallest absolute Gasteiger partial charge is 0.226 e. The molecule has 2 aliphatic rings. The Morgan fingerprint density at radius 2 is 1.88 bits per heavy atom. The highest BCUT2D eigenvalue weighted by Gasteiger charge is 2.42. The van der Waals surface area contributed by atoms with Crippen molar-refractivity contribution in [2.24, 2.45) is 5.41 Å². The number of rotatable bonds is 5. The van der Waals surface area contributed by atoms with Gasteiger partial charge >= 0.3 is 0 Å². The molecule has 7 heteroatoms. The summed E-state index contributed by atoms with van der Waals surface area (Å²) >= 11 is 0. The number of ketones is 1. The predicted molar refractivity (Wildman–Crippen MR) is 126 cm³/mol. The largest absolute Gasteiger partial charge is 0.496 e. The van der Waals surface area contributed by atoms with Gasteiger partial charge in [-0.3, -0.25) is 4.79 Å². The molecule has 33 heavy (non-hydrogen) atoms. The molecule has 7 nitrogen and oxygen atoms in total. The van der Waals surface area contributed by atoms with E-state index in [0.717, 1.165) is 40.3 Å². The Kier molecular flexibility index (Phi) is 5.19. The maximum atomic E-state index is 13.4. The molecular formula is C26H28N4O3. The molecule has 0 bridgehead atoms. The van der Waals surface area contributed by atoms with Crippen LogP contribution in [0.25, 0.3) is 11.4 Å². The number of hydrogen-bond donors (Lipinski definition) is 1. The predicted octanol–water partition coefficient (Wildman–Crippen LogP) is 5.01. The van der Waals surface area contributed by atoms with Crippen molar-refractivity contribution in [3.05, 3.63) is 65.4 Å². The van der Waals surface area contributed by atoms with Crippen LogP contribution in [0.15, 0.2) is 59.8 Å². The van der Waals surface area contributed by atoms with Crippen LogP contribution in [0.1, 0.15) is 45.2 Å². The first-order valence-corrected chi connectivity index (χ1v) is 11.3. The third kappa shape index (κ3) is 3.77. The van der Waals surface area contributed by atoms with Crippen LogP contribution < -0.4 is 14.8 Å².